The number of benzene rings is 5. The molecule has 0 unspecified atom stereocenters. The summed E-state index contributed by atoms with van der Waals surface area (Å²) in [6, 6.07) is 45.5. The third kappa shape index (κ3) is 3.31. The van der Waals surface area contributed by atoms with E-state index in [0.29, 0.717) is 0 Å². The molecule has 1 heterocycles. The van der Waals surface area contributed by atoms with Crippen LogP contribution in [-0.2, 0) is 11.8 Å². The van der Waals surface area contributed by atoms with Crippen molar-refractivity contribution in [2.75, 3.05) is 0 Å². The van der Waals surface area contributed by atoms with Crippen LogP contribution >= 0.6 is 11.3 Å². The first-order valence-electron chi connectivity index (χ1n) is 14.3. The van der Waals surface area contributed by atoms with Crippen LogP contribution < -0.4 is 0 Å². The molecule has 1 heteroatoms. The molecule has 1 aromatic heterocycles. The van der Waals surface area contributed by atoms with E-state index in [1.54, 1.807) is 5.56 Å². The number of aryl methyl sites for hydroxylation is 1. The van der Waals surface area contributed by atoms with Gasteiger partial charge in [0.25, 0.3) is 0 Å². The standard InChI is InChI=1S/C39H30S/c1-26(30-20-12-24-37-38(30)33-19-7-10-23-36(33)40-37)27-13-11-16-29(25-27)39(28-14-3-2-4-15-28)34-21-8-5-17-31(34)32-18-6-9-22-35(32)39/h2-6,8-18,20-26H,7,19H2,1H3/t26-/m0/s1. The van der Waals surface area contributed by atoms with Crippen molar-refractivity contribution in [2.24, 2.45) is 0 Å². The molecule has 6 aromatic rings. The predicted octanol–water partition coefficient (Wildman–Crippen LogP) is 10.4. The second-order valence-corrected chi connectivity index (χ2v) is 12.2. The topological polar surface area (TPSA) is 0 Å². The minimum Gasteiger partial charge on any atom is -0.136 e. The zero-order valence-corrected chi connectivity index (χ0v) is 23.4. The molecule has 2 aliphatic carbocycles. The molecule has 0 saturated carbocycles. The number of rotatable bonds is 4. The number of hydrogen-bond acceptors (Lipinski definition) is 1. The SMILES string of the molecule is C[C@@H](c1cccc(C2(c3ccccc3)c3ccccc3-c3ccccc32)c1)c1cccc2sc3c(c12)CCC=C3. The summed E-state index contributed by atoms with van der Waals surface area (Å²) in [5.41, 5.74) is 12.1. The quantitative estimate of drug-likeness (QED) is 0.212. The molecule has 8 rings (SSSR count). The highest BCUT2D eigenvalue weighted by atomic mass is 32.1. The minimum atomic E-state index is -0.359. The van der Waals surface area contributed by atoms with E-state index in [4.69, 9.17) is 0 Å². The summed E-state index contributed by atoms with van der Waals surface area (Å²) in [5, 5.41) is 1.49. The molecule has 2 aliphatic rings. The predicted molar refractivity (Wildman–Crippen MR) is 170 cm³/mol. The van der Waals surface area contributed by atoms with Gasteiger partial charge in [-0.2, -0.15) is 0 Å². The van der Waals surface area contributed by atoms with Crippen LogP contribution in [0.1, 0.15) is 63.1 Å². The van der Waals surface area contributed by atoms with Crippen LogP contribution in [0, 0.1) is 0 Å². The second kappa shape index (κ2) is 9.18. The van der Waals surface area contributed by atoms with Crippen LogP contribution in [0.2, 0.25) is 0 Å². The van der Waals surface area contributed by atoms with Gasteiger partial charge in [0.05, 0.1) is 5.41 Å². The van der Waals surface area contributed by atoms with Gasteiger partial charge in [-0.3, -0.25) is 0 Å². The van der Waals surface area contributed by atoms with Gasteiger partial charge in [0, 0.05) is 20.9 Å². The maximum Gasteiger partial charge on any atom is 0.0713 e. The number of thiophene rings is 1. The highest BCUT2D eigenvalue weighted by Crippen LogP contribution is 2.56. The van der Waals surface area contributed by atoms with Crippen LogP contribution in [0.25, 0.3) is 27.3 Å². The van der Waals surface area contributed by atoms with Gasteiger partial charge in [-0.25, -0.2) is 0 Å². The highest BCUT2D eigenvalue weighted by molar-refractivity contribution is 7.20. The molecule has 0 amide bonds. The third-order valence-electron chi connectivity index (χ3n) is 9.15. The monoisotopic (exact) mass is 530 g/mol. The first-order chi connectivity index (χ1) is 19.8. The van der Waals surface area contributed by atoms with E-state index in [2.05, 4.69) is 140 Å². The Morgan fingerprint density at radius 3 is 2.12 bits per heavy atom. The fourth-order valence-corrected chi connectivity index (χ4v) is 8.57. The average molecular weight is 531 g/mol. The Kier molecular flexibility index (Phi) is 5.43. The molecule has 0 aliphatic heterocycles. The summed E-state index contributed by atoms with van der Waals surface area (Å²) >= 11 is 1.94. The normalized spacial score (nSPS) is 15.4. The zero-order valence-electron chi connectivity index (χ0n) is 22.6. The van der Waals surface area contributed by atoms with Crippen LogP contribution in [0.5, 0.6) is 0 Å². The van der Waals surface area contributed by atoms with Crippen molar-refractivity contribution in [3.05, 3.63) is 171 Å². The second-order valence-electron chi connectivity index (χ2n) is 11.2. The summed E-state index contributed by atoms with van der Waals surface area (Å²) in [6.07, 6.45) is 6.93. The van der Waals surface area contributed by atoms with E-state index in [9.17, 15) is 0 Å². The number of fused-ring (bicyclic) bond motifs is 6. The largest absolute Gasteiger partial charge is 0.136 e. The Hall–Kier alpha value is -4.20. The van der Waals surface area contributed by atoms with E-state index < -0.39 is 0 Å². The van der Waals surface area contributed by atoms with Crippen molar-refractivity contribution < 1.29 is 0 Å². The molecule has 0 nitrogen and oxygen atoms in total. The lowest BCUT2D eigenvalue weighted by Crippen LogP contribution is -2.28. The fraction of sp³-hybridized carbons (Fsp3) is 0.128. The summed E-state index contributed by atoms with van der Waals surface area (Å²) < 4.78 is 1.41. The van der Waals surface area contributed by atoms with Crippen molar-refractivity contribution in [2.45, 2.75) is 31.1 Å². The van der Waals surface area contributed by atoms with Crippen LogP contribution in [0.4, 0.5) is 0 Å². The molecule has 0 radical (unpaired) electrons. The third-order valence-corrected chi connectivity index (χ3v) is 10.3. The molecular weight excluding hydrogens is 500 g/mol. The Morgan fingerprint density at radius 1 is 0.675 bits per heavy atom. The van der Waals surface area contributed by atoms with Crippen molar-refractivity contribution in [1.82, 2.24) is 0 Å². The Bertz CT molecular complexity index is 1870. The lowest BCUT2D eigenvalue weighted by molar-refractivity contribution is 0.763. The summed E-state index contributed by atoms with van der Waals surface area (Å²) in [5.74, 6) is 0.285. The molecule has 0 fully saturated rings. The Balaban J connectivity index is 1.36. The first-order valence-corrected chi connectivity index (χ1v) is 15.1. The number of allylic oxidation sites excluding steroid dienone is 1. The van der Waals surface area contributed by atoms with Crippen molar-refractivity contribution in [3.8, 4) is 11.1 Å². The van der Waals surface area contributed by atoms with Gasteiger partial charge in [-0.1, -0.05) is 128 Å². The van der Waals surface area contributed by atoms with Crippen molar-refractivity contribution in [1.29, 1.82) is 0 Å². The molecular formula is C39H30S. The average Bonchev–Trinajstić information content (AvgIpc) is 3.55. The van der Waals surface area contributed by atoms with Gasteiger partial charge >= 0.3 is 0 Å². The Morgan fingerprint density at radius 2 is 1.35 bits per heavy atom. The summed E-state index contributed by atoms with van der Waals surface area (Å²) in [7, 11) is 0. The first kappa shape index (κ1) is 23.7. The molecule has 5 aromatic carbocycles. The molecule has 1 atom stereocenters. The highest BCUT2D eigenvalue weighted by Gasteiger charge is 2.45. The van der Waals surface area contributed by atoms with Gasteiger partial charge in [-0.15, -0.1) is 11.3 Å². The van der Waals surface area contributed by atoms with E-state index in [-0.39, 0.29) is 11.3 Å². The van der Waals surface area contributed by atoms with Gasteiger partial charge in [0.15, 0.2) is 0 Å². The Labute approximate surface area is 240 Å². The van der Waals surface area contributed by atoms with E-state index in [0.717, 1.165) is 12.8 Å². The van der Waals surface area contributed by atoms with Crippen LogP contribution in [-0.4, -0.2) is 0 Å². The molecule has 0 bridgehead atoms. The van der Waals surface area contributed by atoms with Gasteiger partial charge in [0.2, 0.25) is 0 Å². The number of hydrogen-bond donors (Lipinski definition) is 0. The van der Waals surface area contributed by atoms with Crippen molar-refractivity contribution >= 4 is 27.5 Å². The van der Waals surface area contributed by atoms with E-state index in [1.807, 2.05) is 11.3 Å². The van der Waals surface area contributed by atoms with Gasteiger partial charge in [0.1, 0.15) is 0 Å². The molecule has 40 heavy (non-hydrogen) atoms. The van der Waals surface area contributed by atoms with Gasteiger partial charge in [-0.05, 0) is 75.1 Å². The zero-order chi connectivity index (χ0) is 26.7. The lowest BCUT2D eigenvalue weighted by Gasteiger charge is -2.34. The molecule has 0 saturated heterocycles. The van der Waals surface area contributed by atoms with E-state index in [1.165, 1.54) is 59.5 Å². The van der Waals surface area contributed by atoms with Crippen LogP contribution in [0.15, 0.2) is 127 Å². The van der Waals surface area contributed by atoms with Crippen molar-refractivity contribution in [3.63, 3.8) is 0 Å². The minimum absolute atomic E-state index is 0.285. The molecule has 192 valence electrons. The van der Waals surface area contributed by atoms with Gasteiger partial charge < -0.3 is 0 Å². The molecule has 0 spiro atoms. The summed E-state index contributed by atoms with van der Waals surface area (Å²) in [6.45, 7) is 2.39. The molecule has 0 N–H and O–H groups in total. The maximum absolute atomic E-state index is 2.49. The smallest absolute Gasteiger partial charge is 0.0713 e. The van der Waals surface area contributed by atoms with Crippen LogP contribution in [0.3, 0.4) is 0 Å². The fourth-order valence-electron chi connectivity index (χ4n) is 7.35. The summed E-state index contributed by atoms with van der Waals surface area (Å²) in [4.78, 5) is 1.44. The van der Waals surface area contributed by atoms with E-state index >= 15 is 0 Å². The maximum atomic E-state index is 2.49. The lowest BCUT2D eigenvalue weighted by atomic mass is 9.67.